The number of rotatable bonds is 3. The van der Waals surface area contributed by atoms with E-state index in [1.54, 1.807) is 0 Å². The summed E-state index contributed by atoms with van der Waals surface area (Å²) in [7, 11) is -0.289. The number of nitrogens with zero attached hydrogens (tertiary/aromatic N) is 3. The van der Waals surface area contributed by atoms with Crippen molar-refractivity contribution >= 4 is 16.2 Å². The Morgan fingerprint density at radius 1 is 1.22 bits per heavy atom. The lowest BCUT2D eigenvalue weighted by molar-refractivity contribution is -0.142. The predicted molar refractivity (Wildman–Crippen MR) is 65.1 cm³/mol. The molecule has 0 radical (unpaired) electrons. The van der Waals surface area contributed by atoms with Crippen molar-refractivity contribution < 1.29 is 17.9 Å². The van der Waals surface area contributed by atoms with Crippen LogP contribution in [0.3, 0.4) is 0 Å². The lowest BCUT2D eigenvalue weighted by Crippen LogP contribution is -2.54. The third-order valence-electron chi connectivity index (χ3n) is 3.41. The zero-order chi connectivity index (χ0) is 13.3. The number of ether oxygens (including phenoxy) is 1. The molecular weight excluding hydrogens is 258 g/mol. The van der Waals surface area contributed by atoms with Gasteiger partial charge in [-0.1, -0.05) is 0 Å². The Morgan fingerprint density at radius 2 is 1.83 bits per heavy atom. The van der Waals surface area contributed by atoms with Crippen LogP contribution in [0.15, 0.2) is 0 Å². The van der Waals surface area contributed by atoms with Crippen LogP contribution in [0.5, 0.6) is 0 Å². The molecule has 104 valence electrons. The molecule has 2 saturated heterocycles. The number of cyclic esters (lactones) is 1. The number of hydrogen-bond donors (Lipinski definition) is 0. The Labute approximate surface area is 107 Å². The molecule has 2 aliphatic rings. The first kappa shape index (κ1) is 13.7. The van der Waals surface area contributed by atoms with Crippen LogP contribution in [0.2, 0.25) is 0 Å². The first-order valence-corrected chi connectivity index (χ1v) is 7.41. The number of hydrogen-bond acceptors (Lipinski definition) is 5. The number of carbonyl (C=O) groups is 1. The van der Waals surface area contributed by atoms with Crippen LogP contribution in [-0.2, 0) is 19.7 Å². The maximum Gasteiger partial charge on any atom is 0.323 e. The average molecular weight is 277 g/mol. The van der Waals surface area contributed by atoms with E-state index in [2.05, 4.69) is 0 Å². The Morgan fingerprint density at radius 3 is 2.28 bits per heavy atom. The van der Waals surface area contributed by atoms with Gasteiger partial charge in [-0.05, 0) is 0 Å². The van der Waals surface area contributed by atoms with Gasteiger partial charge >= 0.3 is 5.97 Å². The van der Waals surface area contributed by atoms with Crippen molar-refractivity contribution in [1.29, 1.82) is 0 Å². The van der Waals surface area contributed by atoms with E-state index in [0.29, 0.717) is 39.2 Å². The summed E-state index contributed by atoms with van der Waals surface area (Å²) in [6.45, 7) is 2.47. The second kappa shape index (κ2) is 5.12. The van der Waals surface area contributed by atoms with E-state index < -0.39 is 10.2 Å². The normalized spacial score (nSPS) is 27.7. The molecule has 8 heteroatoms. The highest BCUT2D eigenvalue weighted by molar-refractivity contribution is 7.86. The van der Waals surface area contributed by atoms with Crippen molar-refractivity contribution in [3.05, 3.63) is 0 Å². The molecule has 2 fully saturated rings. The molecule has 0 aliphatic carbocycles. The second-order valence-corrected chi connectivity index (χ2v) is 6.84. The molecule has 1 unspecified atom stereocenters. The molecule has 0 aromatic carbocycles. The van der Waals surface area contributed by atoms with Gasteiger partial charge in [0.05, 0.1) is 6.61 Å². The van der Waals surface area contributed by atoms with Crippen molar-refractivity contribution in [2.45, 2.75) is 12.5 Å². The first-order chi connectivity index (χ1) is 8.43. The summed E-state index contributed by atoms with van der Waals surface area (Å²) < 4.78 is 31.4. The maximum absolute atomic E-state index is 11.9. The van der Waals surface area contributed by atoms with Crippen LogP contribution in [0, 0.1) is 0 Å². The highest BCUT2D eigenvalue weighted by Gasteiger charge is 2.36. The van der Waals surface area contributed by atoms with Gasteiger partial charge in [-0.15, -0.1) is 0 Å². The molecule has 7 nitrogen and oxygen atoms in total. The zero-order valence-electron chi connectivity index (χ0n) is 10.7. The Balaban J connectivity index is 1.94. The van der Waals surface area contributed by atoms with Crippen molar-refractivity contribution in [3.8, 4) is 0 Å². The third kappa shape index (κ3) is 2.51. The molecule has 2 heterocycles. The summed E-state index contributed by atoms with van der Waals surface area (Å²) in [5.41, 5.74) is 0. The largest absolute Gasteiger partial charge is 0.464 e. The molecule has 2 rings (SSSR count). The fourth-order valence-electron chi connectivity index (χ4n) is 2.29. The van der Waals surface area contributed by atoms with Crippen LogP contribution < -0.4 is 0 Å². The summed E-state index contributed by atoms with van der Waals surface area (Å²) in [6, 6.07) is -0.186. The zero-order valence-corrected chi connectivity index (χ0v) is 11.5. The van der Waals surface area contributed by atoms with E-state index in [9.17, 15) is 13.2 Å². The molecule has 0 amide bonds. The average Bonchev–Trinajstić information content (AvgIpc) is 2.75. The molecule has 0 spiro atoms. The highest BCUT2D eigenvalue weighted by atomic mass is 32.2. The van der Waals surface area contributed by atoms with Gasteiger partial charge in [0, 0.05) is 46.7 Å². The summed E-state index contributed by atoms with van der Waals surface area (Å²) in [4.78, 5) is 13.5. The van der Waals surface area contributed by atoms with Crippen LogP contribution in [0.25, 0.3) is 0 Å². The monoisotopic (exact) mass is 277 g/mol. The number of esters is 1. The Hall–Kier alpha value is -0.700. The van der Waals surface area contributed by atoms with Gasteiger partial charge in [-0.2, -0.15) is 17.0 Å². The number of carbonyl (C=O) groups excluding carboxylic acids is 1. The fraction of sp³-hybridized carbons (Fsp3) is 0.900. The van der Waals surface area contributed by atoms with E-state index in [1.807, 2.05) is 4.90 Å². The SMILES string of the molecule is CN(C)S(=O)(=O)N1CCN(C2CCOC2=O)CC1. The fourth-order valence-corrected chi connectivity index (χ4v) is 3.38. The molecule has 2 aliphatic heterocycles. The lowest BCUT2D eigenvalue weighted by Gasteiger charge is -2.36. The van der Waals surface area contributed by atoms with Gasteiger partial charge < -0.3 is 4.74 Å². The van der Waals surface area contributed by atoms with E-state index in [0.717, 1.165) is 0 Å². The van der Waals surface area contributed by atoms with Crippen LogP contribution in [0.1, 0.15) is 6.42 Å². The molecule has 0 aromatic heterocycles. The van der Waals surface area contributed by atoms with Gasteiger partial charge in [-0.3, -0.25) is 9.69 Å². The molecule has 0 saturated carbocycles. The minimum absolute atomic E-state index is 0.182. The summed E-state index contributed by atoms with van der Waals surface area (Å²) in [5, 5.41) is 0. The molecule has 1 atom stereocenters. The van der Waals surface area contributed by atoms with E-state index in [4.69, 9.17) is 4.74 Å². The van der Waals surface area contributed by atoms with Crippen molar-refractivity contribution in [1.82, 2.24) is 13.5 Å². The topological polar surface area (TPSA) is 70.2 Å². The standard InChI is InChI=1S/C10H19N3O4S/c1-11(2)18(15,16)13-6-4-12(5-7-13)9-3-8-17-10(9)14/h9H,3-8H2,1-2H3. The summed E-state index contributed by atoms with van der Waals surface area (Å²) in [5.74, 6) is -0.182. The third-order valence-corrected chi connectivity index (χ3v) is 5.35. The van der Waals surface area contributed by atoms with Crippen molar-refractivity contribution in [2.75, 3.05) is 46.9 Å². The summed E-state index contributed by atoms with van der Waals surface area (Å²) >= 11 is 0. The smallest absolute Gasteiger partial charge is 0.323 e. The molecule has 0 bridgehead atoms. The molecule has 0 N–H and O–H groups in total. The Kier molecular flexibility index (Phi) is 3.90. The summed E-state index contributed by atoms with van der Waals surface area (Å²) in [6.07, 6.45) is 0.708. The van der Waals surface area contributed by atoms with Gasteiger partial charge in [0.25, 0.3) is 10.2 Å². The van der Waals surface area contributed by atoms with E-state index in [-0.39, 0.29) is 12.0 Å². The lowest BCUT2D eigenvalue weighted by atomic mass is 10.2. The minimum atomic E-state index is -3.34. The van der Waals surface area contributed by atoms with Gasteiger partial charge in [0.2, 0.25) is 0 Å². The molecular formula is C10H19N3O4S. The van der Waals surface area contributed by atoms with Crippen molar-refractivity contribution in [2.24, 2.45) is 0 Å². The number of piperazine rings is 1. The van der Waals surface area contributed by atoms with Gasteiger partial charge in [0.15, 0.2) is 0 Å². The second-order valence-electron chi connectivity index (χ2n) is 4.70. The van der Waals surface area contributed by atoms with Crippen LogP contribution >= 0.6 is 0 Å². The molecule has 18 heavy (non-hydrogen) atoms. The van der Waals surface area contributed by atoms with Crippen LogP contribution in [0.4, 0.5) is 0 Å². The van der Waals surface area contributed by atoms with Gasteiger partial charge in [-0.25, -0.2) is 0 Å². The minimum Gasteiger partial charge on any atom is -0.464 e. The first-order valence-electron chi connectivity index (χ1n) is 6.01. The maximum atomic E-state index is 11.9. The van der Waals surface area contributed by atoms with Gasteiger partial charge in [0.1, 0.15) is 6.04 Å². The van der Waals surface area contributed by atoms with E-state index in [1.165, 1.54) is 22.7 Å². The van der Waals surface area contributed by atoms with Crippen molar-refractivity contribution in [3.63, 3.8) is 0 Å². The Bertz CT molecular complexity index is 415. The molecule has 0 aromatic rings. The van der Waals surface area contributed by atoms with E-state index >= 15 is 0 Å². The quantitative estimate of drug-likeness (QED) is 0.601. The van der Waals surface area contributed by atoms with Crippen LogP contribution in [-0.4, -0.2) is 80.8 Å². The highest BCUT2D eigenvalue weighted by Crippen LogP contribution is 2.17. The predicted octanol–water partition coefficient (Wildman–Crippen LogP) is -1.27.